The molecule has 3 aliphatic rings. The maximum atomic E-state index is 11.6. The van der Waals surface area contributed by atoms with Gasteiger partial charge in [-0.25, -0.2) is 0 Å². The van der Waals surface area contributed by atoms with Crippen molar-refractivity contribution in [3.05, 3.63) is 0 Å². The van der Waals surface area contributed by atoms with Crippen LogP contribution in [0.5, 0.6) is 0 Å². The van der Waals surface area contributed by atoms with E-state index < -0.39 is 0 Å². The number of nitrogens with zero attached hydrogens (tertiary/aromatic N) is 1. The van der Waals surface area contributed by atoms with Crippen molar-refractivity contribution in [1.82, 2.24) is 10.2 Å². The summed E-state index contributed by atoms with van der Waals surface area (Å²) in [4.78, 5) is 14.1. The molecule has 3 fully saturated rings. The number of hydrogen-bond acceptors (Lipinski definition) is 3. The fraction of sp³-hybridized carbons (Fsp3) is 0.923. The van der Waals surface area contributed by atoms with Gasteiger partial charge >= 0.3 is 0 Å². The fourth-order valence-electron chi connectivity index (χ4n) is 3.51. The minimum Gasteiger partial charge on any atom is -0.381 e. The summed E-state index contributed by atoms with van der Waals surface area (Å²) in [6, 6.07) is 1.10. The van der Waals surface area contributed by atoms with Crippen LogP contribution in [0.1, 0.15) is 32.1 Å². The largest absolute Gasteiger partial charge is 0.381 e. The Balaban J connectivity index is 1.61. The molecule has 4 nitrogen and oxygen atoms in total. The molecule has 3 heterocycles. The average Bonchev–Trinajstić information content (AvgIpc) is 2.66. The van der Waals surface area contributed by atoms with Crippen LogP contribution in [0, 0.1) is 5.92 Å². The molecule has 2 unspecified atom stereocenters. The van der Waals surface area contributed by atoms with Gasteiger partial charge in [0.15, 0.2) is 0 Å². The smallest absolute Gasteiger partial charge is 0.220 e. The third-order valence-electron chi connectivity index (χ3n) is 4.50. The molecule has 17 heavy (non-hydrogen) atoms. The van der Waals surface area contributed by atoms with E-state index in [1.807, 2.05) is 0 Å². The Labute approximate surface area is 103 Å². The lowest BCUT2D eigenvalue weighted by Crippen LogP contribution is -2.41. The number of amides is 1. The van der Waals surface area contributed by atoms with Crippen LogP contribution in [0.25, 0.3) is 0 Å². The highest BCUT2D eigenvalue weighted by molar-refractivity contribution is 5.76. The Morgan fingerprint density at radius 2 is 2.00 bits per heavy atom. The highest BCUT2D eigenvalue weighted by Gasteiger charge is 2.38. The van der Waals surface area contributed by atoms with Gasteiger partial charge in [0.1, 0.15) is 0 Å². The first-order valence-electron chi connectivity index (χ1n) is 6.94. The molecule has 0 saturated carbocycles. The van der Waals surface area contributed by atoms with Gasteiger partial charge in [0.25, 0.3) is 0 Å². The van der Waals surface area contributed by atoms with Gasteiger partial charge in [-0.1, -0.05) is 0 Å². The number of likely N-dealkylation sites (tertiary alicyclic amines) is 1. The lowest BCUT2D eigenvalue weighted by molar-refractivity contribution is -0.121. The van der Waals surface area contributed by atoms with Crippen molar-refractivity contribution in [1.29, 1.82) is 0 Å². The molecule has 0 aliphatic carbocycles. The van der Waals surface area contributed by atoms with Crippen molar-refractivity contribution < 1.29 is 9.53 Å². The molecule has 0 radical (unpaired) electrons. The Morgan fingerprint density at radius 3 is 2.82 bits per heavy atom. The second-order valence-corrected chi connectivity index (χ2v) is 5.62. The molecule has 0 spiro atoms. The summed E-state index contributed by atoms with van der Waals surface area (Å²) in [5.74, 6) is 0.940. The summed E-state index contributed by atoms with van der Waals surface area (Å²) in [5, 5.41) is 3.20. The summed E-state index contributed by atoms with van der Waals surface area (Å²) in [6.07, 6.45) is 5.32. The zero-order chi connectivity index (χ0) is 11.7. The predicted molar refractivity (Wildman–Crippen MR) is 64.7 cm³/mol. The van der Waals surface area contributed by atoms with Crippen LogP contribution in [-0.2, 0) is 9.53 Å². The van der Waals surface area contributed by atoms with E-state index in [0.29, 0.717) is 18.0 Å². The molecule has 96 valence electrons. The maximum absolute atomic E-state index is 11.6. The van der Waals surface area contributed by atoms with E-state index in [2.05, 4.69) is 10.2 Å². The van der Waals surface area contributed by atoms with E-state index in [1.165, 1.54) is 13.0 Å². The Hall–Kier alpha value is -0.610. The Bertz CT molecular complexity index is 289. The van der Waals surface area contributed by atoms with Crippen LogP contribution in [0.2, 0.25) is 0 Å². The van der Waals surface area contributed by atoms with Crippen molar-refractivity contribution in [2.24, 2.45) is 5.92 Å². The minimum absolute atomic E-state index is 0.256. The number of nitrogens with one attached hydrogen (secondary N) is 1. The van der Waals surface area contributed by atoms with Gasteiger partial charge in [-0.2, -0.15) is 0 Å². The molecule has 1 amide bonds. The molecule has 0 bridgehead atoms. The van der Waals surface area contributed by atoms with Gasteiger partial charge < -0.3 is 10.1 Å². The van der Waals surface area contributed by atoms with Gasteiger partial charge in [0.2, 0.25) is 5.91 Å². The molecular formula is C13H22N2O2. The SMILES string of the molecule is O=C1CCCC2CN(C3CCOCC3)CC2N1. The van der Waals surface area contributed by atoms with Crippen LogP contribution in [0.15, 0.2) is 0 Å². The zero-order valence-corrected chi connectivity index (χ0v) is 10.4. The fourth-order valence-corrected chi connectivity index (χ4v) is 3.51. The van der Waals surface area contributed by atoms with Crippen molar-refractivity contribution in [3.8, 4) is 0 Å². The summed E-state index contributed by atoms with van der Waals surface area (Å²) in [6.45, 7) is 4.04. The van der Waals surface area contributed by atoms with Crippen LogP contribution < -0.4 is 5.32 Å². The van der Waals surface area contributed by atoms with Crippen molar-refractivity contribution in [2.75, 3.05) is 26.3 Å². The Morgan fingerprint density at radius 1 is 1.18 bits per heavy atom. The van der Waals surface area contributed by atoms with Gasteiger partial charge in [-0.3, -0.25) is 9.69 Å². The molecule has 0 aromatic carbocycles. The first-order chi connectivity index (χ1) is 8.33. The second-order valence-electron chi connectivity index (χ2n) is 5.62. The zero-order valence-electron chi connectivity index (χ0n) is 10.4. The molecule has 1 N–H and O–H groups in total. The summed E-state index contributed by atoms with van der Waals surface area (Å²) < 4.78 is 5.42. The maximum Gasteiger partial charge on any atom is 0.220 e. The normalized spacial score (nSPS) is 36.4. The monoisotopic (exact) mass is 238 g/mol. The first-order valence-corrected chi connectivity index (χ1v) is 6.94. The van der Waals surface area contributed by atoms with Crippen LogP contribution in [0.4, 0.5) is 0 Å². The van der Waals surface area contributed by atoms with Crippen LogP contribution in [-0.4, -0.2) is 49.2 Å². The molecule has 3 rings (SSSR count). The van der Waals surface area contributed by atoms with Crippen molar-refractivity contribution >= 4 is 5.91 Å². The third-order valence-corrected chi connectivity index (χ3v) is 4.50. The van der Waals surface area contributed by atoms with Gasteiger partial charge in [-0.05, 0) is 31.6 Å². The first kappa shape index (κ1) is 11.5. The van der Waals surface area contributed by atoms with Crippen LogP contribution in [0.3, 0.4) is 0 Å². The number of ether oxygens (including phenoxy) is 1. The highest BCUT2D eigenvalue weighted by Crippen LogP contribution is 2.28. The van der Waals surface area contributed by atoms with E-state index in [1.54, 1.807) is 0 Å². The highest BCUT2D eigenvalue weighted by atomic mass is 16.5. The minimum atomic E-state index is 0.256. The average molecular weight is 238 g/mol. The molecule has 2 atom stereocenters. The van der Waals surface area contributed by atoms with Gasteiger partial charge in [0.05, 0.1) is 0 Å². The lowest BCUT2D eigenvalue weighted by Gasteiger charge is -2.31. The molecule has 4 heteroatoms. The molecule has 3 saturated heterocycles. The third kappa shape index (κ3) is 2.47. The van der Waals surface area contributed by atoms with E-state index in [-0.39, 0.29) is 5.91 Å². The molecule has 3 aliphatic heterocycles. The van der Waals surface area contributed by atoms with E-state index in [0.717, 1.165) is 45.4 Å². The van der Waals surface area contributed by atoms with E-state index in [9.17, 15) is 4.79 Å². The molecule has 0 aromatic rings. The van der Waals surface area contributed by atoms with Crippen molar-refractivity contribution in [3.63, 3.8) is 0 Å². The number of rotatable bonds is 1. The quantitative estimate of drug-likeness (QED) is 0.733. The standard InChI is InChI=1S/C13H22N2O2/c16-13-3-1-2-10-8-15(9-12(10)14-13)11-4-6-17-7-5-11/h10-12H,1-9H2,(H,14,16). The predicted octanol–water partition coefficient (Wildman–Crippen LogP) is 0.766. The summed E-state index contributed by atoms with van der Waals surface area (Å²) in [7, 11) is 0. The van der Waals surface area contributed by atoms with Gasteiger partial charge in [-0.15, -0.1) is 0 Å². The summed E-state index contributed by atoms with van der Waals surface area (Å²) in [5.41, 5.74) is 0. The van der Waals surface area contributed by atoms with Crippen LogP contribution >= 0.6 is 0 Å². The number of fused-ring (bicyclic) bond motifs is 1. The topological polar surface area (TPSA) is 41.6 Å². The number of carbonyl (C=O) groups is 1. The molecule has 0 aromatic heterocycles. The van der Waals surface area contributed by atoms with Crippen molar-refractivity contribution in [2.45, 2.75) is 44.2 Å². The molecular weight excluding hydrogens is 216 g/mol. The number of carbonyl (C=O) groups excluding carboxylic acids is 1. The Kier molecular flexibility index (Phi) is 3.34. The van der Waals surface area contributed by atoms with E-state index >= 15 is 0 Å². The number of hydrogen-bond donors (Lipinski definition) is 1. The lowest BCUT2D eigenvalue weighted by atomic mass is 9.99. The second kappa shape index (κ2) is 4.94. The van der Waals surface area contributed by atoms with E-state index in [4.69, 9.17) is 4.74 Å². The van der Waals surface area contributed by atoms with Gasteiger partial charge in [0, 0.05) is 44.8 Å². The summed E-state index contributed by atoms with van der Waals surface area (Å²) >= 11 is 0.